The van der Waals surface area contributed by atoms with Crippen LogP contribution in [0.2, 0.25) is 0 Å². The Morgan fingerprint density at radius 2 is 2.25 bits per heavy atom. The Morgan fingerprint density at radius 1 is 1.35 bits per heavy atom. The summed E-state index contributed by atoms with van der Waals surface area (Å²) in [6.07, 6.45) is 2.80. The third-order valence-electron chi connectivity index (χ3n) is 3.55. The molecule has 0 fully saturated rings. The van der Waals surface area contributed by atoms with E-state index in [0.717, 1.165) is 50.1 Å². The van der Waals surface area contributed by atoms with E-state index < -0.39 is 0 Å². The Balaban J connectivity index is 1.79. The minimum absolute atomic E-state index is 0.803. The number of aryl methyl sites for hydroxylation is 1. The Morgan fingerprint density at radius 3 is 3.05 bits per heavy atom. The molecule has 3 heterocycles. The van der Waals surface area contributed by atoms with Crippen LogP contribution in [0.3, 0.4) is 0 Å². The molecule has 0 radical (unpaired) electrons. The van der Waals surface area contributed by atoms with E-state index in [1.54, 1.807) is 11.3 Å². The third-order valence-corrected chi connectivity index (χ3v) is 4.71. The summed E-state index contributed by atoms with van der Waals surface area (Å²) in [6.45, 7) is 8.92. The summed E-state index contributed by atoms with van der Waals surface area (Å²) >= 11 is 1.80. The first kappa shape index (κ1) is 13.5. The third kappa shape index (κ3) is 2.55. The summed E-state index contributed by atoms with van der Waals surface area (Å²) in [5, 5.41) is 12.6. The summed E-state index contributed by atoms with van der Waals surface area (Å²) < 4.78 is 2.12. The van der Waals surface area contributed by atoms with Crippen LogP contribution in [0.4, 0.5) is 5.13 Å². The number of rotatable bonds is 5. The highest BCUT2D eigenvalue weighted by atomic mass is 32.1. The predicted octanol–water partition coefficient (Wildman–Crippen LogP) is 1.43. The van der Waals surface area contributed by atoms with Crippen LogP contribution in [0.5, 0.6) is 0 Å². The normalized spacial score (nSPS) is 14.6. The molecule has 0 aliphatic carbocycles. The molecular formula is C13H20N6S. The molecule has 0 saturated carbocycles. The second-order valence-corrected chi connectivity index (χ2v) is 5.92. The zero-order valence-electron chi connectivity index (χ0n) is 12.0. The number of thiazole rings is 1. The Labute approximate surface area is 122 Å². The maximum Gasteiger partial charge on any atom is 0.186 e. The molecule has 0 bridgehead atoms. The highest BCUT2D eigenvalue weighted by Gasteiger charge is 2.21. The fourth-order valence-corrected chi connectivity index (χ4v) is 3.53. The maximum absolute atomic E-state index is 4.81. The first-order valence-corrected chi connectivity index (χ1v) is 7.94. The SMILES string of the molecule is CCNCc1sc(N2CCn3cnnc3C2)nc1CC. The van der Waals surface area contributed by atoms with Crippen molar-refractivity contribution in [2.24, 2.45) is 0 Å². The zero-order valence-corrected chi connectivity index (χ0v) is 12.8. The van der Waals surface area contributed by atoms with Gasteiger partial charge in [0.15, 0.2) is 11.0 Å². The lowest BCUT2D eigenvalue weighted by Crippen LogP contribution is -2.33. The fraction of sp³-hybridized carbons (Fsp3) is 0.615. The predicted molar refractivity (Wildman–Crippen MR) is 79.9 cm³/mol. The van der Waals surface area contributed by atoms with Crippen LogP contribution in [-0.2, 0) is 26.1 Å². The van der Waals surface area contributed by atoms with Crippen molar-refractivity contribution >= 4 is 16.5 Å². The number of nitrogens with zero attached hydrogens (tertiary/aromatic N) is 5. The van der Waals surface area contributed by atoms with Crippen molar-refractivity contribution in [3.8, 4) is 0 Å². The Bertz CT molecular complexity index is 575. The van der Waals surface area contributed by atoms with Gasteiger partial charge in [-0.2, -0.15) is 0 Å². The molecule has 108 valence electrons. The van der Waals surface area contributed by atoms with Gasteiger partial charge in [-0.15, -0.1) is 21.5 Å². The Kier molecular flexibility index (Phi) is 3.98. The van der Waals surface area contributed by atoms with E-state index >= 15 is 0 Å². The first-order chi connectivity index (χ1) is 9.81. The average Bonchev–Trinajstić information content (AvgIpc) is 3.10. The Hall–Kier alpha value is -1.47. The standard InChI is InChI=1S/C13H20N6S/c1-3-10-11(7-14-4-2)20-13(16-10)18-5-6-19-9-15-17-12(19)8-18/h9,14H,3-8H2,1-2H3. The van der Waals surface area contributed by atoms with E-state index in [1.807, 2.05) is 6.33 Å². The molecule has 20 heavy (non-hydrogen) atoms. The molecule has 6 nitrogen and oxygen atoms in total. The number of anilines is 1. The van der Waals surface area contributed by atoms with Gasteiger partial charge < -0.3 is 14.8 Å². The van der Waals surface area contributed by atoms with Gasteiger partial charge in [-0.1, -0.05) is 13.8 Å². The van der Waals surface area contributed by atoms with E-state index in [9.17, 15) is 0 Å². The molecular weight excluding hydrogens is 272 g/mol. The van der Waals surface area contributed by atoms with E-state index in [1.165, 1.54) is 10.6 Å². The van der Waals surface area contributed by atoms with Crippen molar-refractivity contribution < 1.29 is 0 Å². The van der Waals surface area contributed by atoms with Crippen molar-refractivity contribution in [2.45, 2.75) is 39.9 Å². The van der Waals surface area contributed by atoms with E-state index in [-0.39, 0.29) is 0 Å². The molecule has 0 atom stereocenters. The van der Waals surface area contributed by atoms with E-state index in [4.69, 9.17) is 4.98 Å². The summed E-state index contributed by atoms with van der Waals surface area (Å²) in [4.78, 5) is 8.48. The van der Waals surface area contributed by atoms with Crippen molar-refractivity contribution in [3.05, 3.63) is 22.7 Å². The van der Waals surface area contributed by atoms with E-state index in [2.05, 4.69) is 38.8 Å². The molecule has 2 aromatic rings. The van der Waals surface area contributed by atoms with Crippen LogP contribution in [0.25, 0.3) is 0 Å². The molecule has 1 aliphatic heterocycles. The topological polar surface area (TPSA) is 58.9 Å². The van der Waals surface area contributed by atoms with Gasteiger partial charge in [0.1, 0.15) is 6.33 Å². The second-order valence-electron chi connectivity index (χ2n) is 4.86. The summed E-state index contributed by atoms with van der Waals surface area (Å²) in [7, 11) is 0. The van der Waals surface area contributed by atoms with Gasteiger partial charge in [-0.05, 0) is 13.0 Å². The van der Waals surface area contributed by atoms with Crippen LogP contribution in [0, 0.1) is 0 Å². The zero-order chi connectivity index (χ0) is 13.9. The highest BCUT2D eigenvalue weighted by Crippen LogP contribution is 2.29. The lowest BCUT2D eigenvalue weighted by molar-refractivity contribution is 0.559. The van der Waals surface area contributed by atoms with Crippen LogP contribution >= 0.6 is 11.3 Å². The largest absolute Gasteiger partial charge is 0.339 e. The van der Waals surface area contributed by atoms with Crippen LogP contribution in [-0.4, -0.2) is 32.8 Å². The number of aromatic nitrogens is 4. The highest BCUT2D eigenvalue weighted by molar-refractivity contribution is 7.15. The first-order valence-electron chi connectivity index (χ1n) is 7.12. The van der Waals surface area contributed by atoms with Crippen LogP contribution < -0.4 is 10.2 Å². The van der Waals surface area contributed by atoms with Gasteiger partial charge in [0.25, 0.3) is 0 Å². The van der Waals surface area contributed by atoms with Gasteiger partial charge >= 0.3 is 0 Å². The molecule has 1 aliphatic rings. The molecule has 0 spiro atoms. The van der Waals surface area contributed by atoms with Crippen LogP contribution in [0.1, 0.15) is 30.2 Å². The number of hydrogen-bond donors (Lipinski definition) is 1. The summed E-state index contributed by atoms with van der Waals surface area (Å²) in [5.41, 5.74) is 1.22. The number of nitrogens with one attached hydrogen (secondary N) is 1. The molecule has 0 aromatic carbocycles. The maximum atomic E-state index is 4.81. The van der Waals surface area contributed by atoms with Crippen molar-refractivity contribution in [3.63, 3.8) is 0 Å². The summed E-state index contributed by atoms with van der Waals surface area (Å²) in [5.74, 6) is 1.03. The van der Waals surface area contributed by atoms with Gasteiger partial charge in [0.05, 0.1) is 12.2 Å². The van der Waals surface area contributed by atoms with E-state index in [0.29, 0.717) is 0 Å². The van der Waals surface area contributed by atoms with Gasteiger partial charge in [-0.3, -0.25) is 0 Å². The fourth-order valence-electron chi connectivity index (χ4n) is 2.39. The molecule has 1 N–H and O–H groups in total. The van der Waals surface area contributed by atoms with Gasteiger partial charge in [0, 0.05) is 24.5 Å². The summed E-state index contributed by atoms with van der Waals surface area (Å²) in [6, 6.07) is 0. The minimum Gasteiger partial charge on any atom is -0.339 e. The number of hydrogen-bond acceptors (Lipinski definition) is 6. The van der Waals surface area contributed by atoms with Gasteiger partial charge in [0.2, 0.25) is 0 Å². The van der Waals surface area contributed by atoms with Crippen molar-refractivity contribution in [1.82, 2.24) is 25.1 Å². The average molecular weight is 292 g/mol. The molecule has 0 saturated heterocycles. The molecule has 2 aromatic heterocycles. The lowest BCUT2D eigenvalue weighted by atomic mass is 10.3. The molecule has 3 rings (SSSR count). The minimum atomic E-state index is 0.803. The molecule has 7 heteroatoms. The number of fused-ring (bicyclic) bond motifs is 1. The second kappa shape index (κ2) is 5.88. The smallest absolute Gasteiger partial charge is 0.186 e. The van der Waals surface area contributed by atoms with Crippen LogP contribution in [0.15, 0.2) is 6.33 Å². The quantitative estimate of drug-likeness (QED) is 0.903. The van der Waals surface area contributed by atoms with Crippen molar-refractivity contribution in [1.29, 1.82) is 0 Å². The molecule has 0 amide bonds. The lowest BCUT2D eigenvalue weighted by Gasteiger charge is -2.26. The monoisotopic (exact) mass is 292 g/mol. The molecule has 0 unspecified atom stereocenters. The van der Waals surface area contributed by atoms with Crippen molar-refractivity contribution in [2.75, 3.05) is 18.0 Å². The van der Waals surface area contributed by atoms with Gasteiger partial charge in [-0.25, -0.2) is 4.98 Å².